The van der Waals surface area contributed by atoms with Crippen LogP contribution in [0.15, 0.2) is 48.8 Å². The minimum absolute atomic E-state index is 0.442. The molecule has 0 atom stereocenters. The first-order valence-corrected chi connectivity index (χ1v) is 5.35. The van der Waals surface area contributed by atoms with Gasteiger partial charge in [-0.25, -0.2) is 0 Å². The van der Waals surface area contributed by atoms with Crippen LogP contribution in [-0.2, 0) is 0 Å². The molecule has 4 heteroatoms. The highest BCUT2D eigenvalue weighted by atomic mass is 16.1. The number of aldehydes is 1. The molecule has 0 saturated carbocycles. The van der Waals surface area contributed by atoms with Crippen LogP contribution in [0.1, 0.15) is 26.3 Å². The lowest BCUT2D eigenvalue weighted by Crippen LogP contribution is -2.10. The Balaban J connectivity index is 0.000000180. The van der Waals surface area contributed by atoms with E-state index in [1.54, 1.807) is 18.3 Å². The van der Waals surface area contributed by atoms with Crippen molar-refractivity contribution in [2.24, 2.45) is 5.73 Å². The van der Waals surface area contributed by atoms with Crippen molar-refractivity contribution in [3.8, 4) is 0 Å². The number of pyridine rings is 1. The number of aromatic nitrogens is 1. The van der Waals surface area contributed by atoms with E-state index in [4.69, 9.17) is 5.73 Å². The monoisotopic (exact) mass is 242 g/mol. The van der Waals surface area contributed by atoms with Crippen LogP contribution < -0.4 is 5.73 Å². The number of carbonyl (C=O) groups excluding carboxylic acids is 2. The molecule has 2 aromatic rings. The number of benzene rings is 1. The van der Waals surface area contributed by atoms with Crippen LogP contribution in [0.2, 0.25) is 0 Å². The van der Waals surface area contributed by atoms with Gasteiger partial charge < -0.3 is 5.73 Å². The highest BCUT2D eigenvalue weighted by Crippen LogP contribution is 2.02. The van der Waals surface area contributed by atoms with Crippen LogP contribution in [-0.4, -0.2) is 17.2 Å². The quantitative estimate of drug-likeness (QED) is 0.818. The van der Waals surface area contributed by atoms with Crippen molar-refractivity contribution >= 4 is 12.2 Å². The molecule has 1 aromatic heterocycles. The van der Waals surface area contributed by atoms with E-state index in [2.05, 4.69) is 4.98 Å². The molecule has 4 nitrogen and oxygen atoms in total. The zero-order valence-electron chi connectivity index (χ0n) is 10.0. The molecule has 0 aliphatic rings. The second-order valence-electron chi connectivity index (χ2n) is 3.58. The third-order valence-corrected chi connectivity index (χ3v) is 2.26. The maximum absolute atomic E-state index is 10.4. The van der Waals surface area contributed by atoms with Gasteiger partial charge in [-0.1, -0.05) is 24.3 Å². The number of carbonyl (C=O) groups is 2. The van der Waals surface area contributed by atoms with E-state index >= 15 is 0 Å². The van der Waals surface area contributed by atoms with Gasteiger partial charge >= 0.3 is 0 Å². The number of nitrogens with zero attached hydrogens (tertiary/aromatic N) is 1. The van der Waals surface area contributed by atoms with Crippen molar-refractivity contribution in [1.29, 1.82) is 0 Å². The number of hydrogen-bond acceptors (Lipinski definition) is 3. The summed E-state index contributed by atoms with van der Waals surface area (Å²) in [5.41, 5.74) is 7.19. The molecule has 0 aliphatic heterocycles. The Morgan fingerprint density at radius 3 is 2.33 bits per heavy atom. The zero-order chi connectivity index (χ0) is 13.4. The van der Waals surface area contributed by atoms with Crippen molar-refractivity contribution in [3.05, 3.63) is 65.5 Å². The van der Waals surface area contributed by atoms with Crippen LogP contribution in [0, 0.1) is 6.92 Å². The van der Waals surface area contributed by atoms with E-state index in [-0.39, 0.29) is 0 Å². The standard InChI is InChI=1S/C8H8O.C6H6N2O/c1-7-4-2-3-5-8(7)6-9;7-6(9)5-2-1-3-8-4-5/h2-6H,1H3;1-4H,(H2,7,9). The molecule has 0 radical (unpaired) electrons. The Morgan fingerprint density at radius 2 is 1.94 bits per heavy atom. The van der Waals surface area contributed by atoms with Crippen LogP contribution in [0.25, 0.3) is 0 Å². The van der Waals surface area contributed by atoms with Crippen LogP contribution in [0.3, 0.4) is 0 Å². The molecule has 18 heavy (non-hydrogen) atoms. The molecule has 1 heterocycles. The van der Waals surface area contributed by atoms with Gasteiger partial charge in [-0.05, 0) is 24.6 Å². The summed E-state index contributed by atoms with van der Waals surface area (Å²) in [5.74, 6) is -0.442. The maximum Gasteiger partial charge on any atom is 0.250 e. The van der Waals surface area contributed by atoms with Gasteiger partial charge in [-0.15, -0.1) is 0 Å². The number of nitrogens with two attached hydrogens (primary N) is 1. The molecule has 0 spiro atoms. The number of hydrogen-bond donors (Lipinski definition) is 1. The Bertz CT molecular complexity index is 524. The van der Waals surface area contributed by atoms with Crippen molar-refractivity contribution in [2.45, 2.75) is 6.92 Å². The molecular weight excluding hydrogens is 228 g/mol. The lowest BCUT2D eigenvalue weighted by atomic mass is 10.1. The molecule has 2 N–H and O–H groups in total. The Labute approximate surface area is 105 Å². The van der Waals surface area contributed by atoms with Gasteiger partial charge in [0, 0.05) is 18.0 Å². The maximum atomic E-state index is 10.4. The van der Waals surface area contributed by atoms with E-state index in [0.717, 1.165) is 17.4 Å². The molecule has 92 valence electrons. The molecule has 0 fully saturated rings. The SMILES string of the molecule is Cc1ccccc1C=O.NC(=O)c1cccnc1. The zero-order valence-corrected chi connectivity index (χ0v) is 10.0. The largest absolute Gasteiger partial charge is 0.366 e. The molecule has 0 aliphatic carbocycles. The minimum Gasteiger partial charge on any atom is -0.366 e. The summed E-state index contributed by atoms with van der Waals surface area (Å²) in [5, 5.41) is 0. The Kier molecular flexibility index (Phi) is 5.25. The molecule has 1 amide bonds. The predicted octanol–water partition coefficient (Wildman–Crippen LogP) is 1.99. The highest BCUT2D eigenvalue weighted by Gasteiger charge is 1.94. The molecule has 0 unspecified atom stereocenters. The molecular formula is C14H14N2O2. The van der Waals surface area contributed by atoms with E-state index < -0.39 is 5.91 Å². The molecule has 2 rings (SSSR count). The van der Waals surface area contributed by atoms with Crippen LogP contribution in [0.5, 0.6) is 0 Å². The van der Waals surface area contributed by atoms with Gasteiger partial charge in [0.15, 0.2) is 0 Å². The van der Waals surface area contributed by atoms with E-state index in [0.29, 0.717) is 5.56 Å². The third kappa shape index (κ3) is 4.17. The van der Waals surface area contributed by atoms with Crippen molar-refractivity contribution < 1.29 is 9.59 Å². The number of primary amides is 1. The lowest BCUT2D eigenvalue weighted by Gasteiger charge is -1.92. The molecule has 0 saturated heterocycles. The van der Waals surface area contributed by atoms with Crippen molar-refractivity contribution in [1.82, 2.24) is 4.98 Å². The van der Waals surface area contributed by atoms with Gasteiger partial charge in [0.2, 0.25) is 5.91 Å². The average Bonchev–Trinajstić information content (AvgIpc) is 2.41. The summed E-state index contributed by atoms with van der Waals surface area (Å²) in [6, 6.07) is 10.8. The summed E-state index contributed by atoms with van der Waals surface area (Å²) >= 11 is 0. The summed E-state index contributed by atoms with van der Waals surface area (Å²) in [6.07, 6.45) is 3.89. The fourth-order valence-electron chi connectivity index (χ4n) is 1.23. The van der Waals surface area contributed by atoms with E-state index in [1.165, 1.54) is 6.20 Å². The summed E-state index contributed by atoms with van der Waals surface area (Å²) < 4.78 is 0. The highest BCUT2D eigenvalue weighted by molar-refractivity contribution is 5.92. The number of rotatable bonds is 2. The topological polar surface area (TPSA) is 73.1 Å². The van der Waals surface area contributed by atoms with Crippen molar-refractivity contribution in [3.63, 3.8) is 0 Å². The predicted molar refractivity (Wildman–Crippen MR) is 69.3 cm³/mol. The molecule has 0 bridgehead atoms. The van der Waals surface area contributed by atoms with Gasteiger partial charge in [-0.3, -0.25) is 14.6 Å². The summed E-state index contributed by atoms with van der Waals surface area (Å²) in [7, 11) is 0. The molecule has 1 aromatic carbocycles. The number of amides is 1. The first kappa shape index (κ1) is 13.6. The van der Waals surface area contributed by atoms with Crippen LogP contribution >= 0.6 is 0 Å². The summed E-state index contributed by atoms with van der Waals surface area (Å²) in [6.45, 7) is 1.92. The fourth-order valence-corrected chi connectivity index (χ4v) is 1.23. The Hall–Kier alpha value is -2.49. The first-order valence-electron chi connectivity index (χ1n) is 5.35. The van der Waals surface area contributed by atoms with Gasteiger partial charge in [-0.2, -0.15) is 0 Å². The first-order chi connectivity index (χ1) is 8.65. The van der Waals surface area contributed by atoms with E-state index in [1.807, 2.05) is 31.2 Å². The number of aryl methyl sites for hydroxylation is 1. The summed E-state index contributed by atoms with van der Waals surface area (Å²) in [4.78, 5) is 24.3. The van der Waals surface area contributed by atoms with Gasteiger partial charge in [0.25, 0.3) is 0 Å². The normalized spacial score (nSPS) is 8.94. The lowest BCUT2D eigenvalue weighted by molar-refractivity contribution is 0.0999. The van der Waals surface area contributed by atoms with E-state index in [9.17, 15) is 9.59 Å². The smallest absolute Gasteiger partial charge is 0.250 e. The fraction of sp³-hybridized carbons (Fsp3) is 0.0714. The average molecular weight is 242 g/mol. The third-order valence-electron chi connectivity index (χ3n) is 2.26. The minimum atomic E-state index is -0.442. The van der Waals surface area contributed by atoms with Gasteiger partial charge in [0.05, 0.1) is 5.56 Å². The van der Waals surface area contributed by atoms with Crippen molar-refractivity contribution in [2.75, 3.05) is 0 Å². The Morgan fingerprint density at radius 1 is 1.22 bits per heavy atom. The second kappa shape index (κ2) is 6.96. The van der Waals surface area contributed by atoms with Gasteiger partial charge in [0.1, 0.15) is 6.29 Å². The second-order valence-corrected chi connectivity index (χ2v) is 3.58. The van der Waals surface area contributed by atoms with Crippen LogP contribution in [0.4, 0.5) is 0 Å².